The highest BCUT2D eigenvalue weighted by atomic mass is 32.2. The Morgan fingerprint density at radius 2 is 1.69 bits per heavy atom. The monoisotopic (exact) mass is 418 g/mol. The van der Waals surface area contributed by atoms with Gasteiger partial charge < -0.3 is 14.4 Å². The van der Waals surface area contributed by atoms with Gasteiger partial charge in [0.25, 0.3) is 5.91 Å². The molecule has 0 aromatic heterocycles. The van der Waals surface area contributed by atoms with Crippen LogP contribution in [0.15, 0.2) is 42.5 Å². The van der Waals surface area contributed by atoms with E-state index in [-0.39, 0.29) is 5.91 Å². The Bertz CT molecular complexity index is 958. The first-order chi connectivity index (χ1) is 13.9. The number of carbonyl (C=O) groups excluding carboxylic acids is 1. The highest BCUT2D eigenvalue weighted by Gasteiger charge is 2.17. The Hall–Kier alpha value is -2.58. The molecule has 2 aromatic rings. The van der Waals surface area contributed by atoms with Crippen LogP contribution >= 0.6 is 0 Å². The second-order valence-electron chi connectivity index (χ2n) is 6.91. The molecule has 2 aromatic carbocycles. The molecule has 1 amide bonds. The van der Waals surface area contributed by atoms with Gasteiger partial charge in [0.2, 0.25) is 10.0 Å². The Morgan fingerprint density at radius 1 is 1.03 bits per heavy atom. The van der Waals surface area contributed by atoms with E-state index in [0.29, 0.717) is 50.6 Å². The number of rotatable bonds is 8. The van der Waals surface area contributed by atoms with Gasteiger partial charge in [0.1, 0.15) is 13.2 Å². The Labute approximate surface area is 171 Å². The van der Waals surface area contributed by atoms with Crippen molar-refractivity contribution in [2.45, 2.75) is 19.9 Å². The average molecular weight is 419 g/mol. The fourth-order valence-electron chi connectivity index (χ4n) is 3.11. The highest BCUT2D eigenvalue weighted by molar-refractivity contribution is 7.88. The average Bonchev–Trinajstić information content (AvgIpc) is 2.71. The molecule has 0 atom stereocenters. The van der Waals surface area contributed by atoms with Gasteiger partial charge in [0.15, 0.2) is 11.5 Å². The van der Waals surface area contributed by atoms with Crippen molar-refractivity contribution in [3.63, 3.8) is 0 Å². The zero-order valence-electron chi connectivity index (χ0n) is 16.7. The summed E-state index contributed by atoms with van der Waals surface area (Å²) in [5, 5.41) is 0. The molecule has 7 nitrogen and oxygen atoms in total. The second kappa shape index (κ2) is 9.28. The van der Waals surface area contributed by atoms with E-state index in [9.17, 15) is 13.2 Å². The maximum Gasteiger partial charge on any atom is 0.254 e. The number of amides is 1. The van der Waals surface area contributed by atoms with E-state index in [1.54, 1.807) is 17.0 Å². The van der Waals surface area contributed by atoms with Crippen LogP contribution in [0, 0.1) is 0 Å². The molecule has 156 valence electrons. The summed E-state index contributed by atoms with van der Waals surface area (Å²) in [5.41, 5.74) is 2.55. The minimum Gasteiger partial charge on any atom is -0.486 e. The molecule has 0 aliphatic carbocycles. The van der Waals surface area contributed by atoms with Crippen LogP contribution in [0.4, 0.5) is 0 Å². The van der Waals surface area contributed by atoms with Crippen molar-refractivity contribution in [3.8, 4) is 11.5 Å². The molecule has 8 heteroatoms. The molecular formula is C21H26N2O5S. The van der Waals surface area contributed by atoms with Crippen molar-refractivity contribution in [2.24, 2.45) is 0 Å². The van der Waals surface area contributed by atoms with Crippen LogP contribution < -0.4 is 14.2 Å². The molecule has 0 bridgehead atoms. The predicted octanol–water partition coefficient (Wildman–Crippen LogP) is 2.21. The molecule has 0 unspecified atom stereocenters. The number of fused-ring (bicyclic) bond motifs is 1. The lowest BCUT2D eigenvalue weighted by Gasteiger charge is -2.23. The zero-order chi connectivity index (χ0) is 20.9. The van der Waals surface area contributed by atoms with E-state index in [0.717, 1.165) is 23.1 Å². The van der Waals surface area contributed by atoms with Gasteiger partial charge in [-0.3, -0.25) is 4.79 Å². The molecule has 1 aliphatic rings. The van der Waals surface area contributed by atoms with Crippen LogP contribution in [-0.4, -0.2) is 51.8 Å². The van der Waals surface area contributed by atoms with Crippen LogP contribution in [0.1, 0.15) is 28.4 Å². The van der Waals surface area contributed by atoms with Crippen molar-refractivity contribution in [3.05, 3.63) is 59.2 Å². The predicted molar refractivity (Wildman–Crippen MR) is 111 cm³/mol. The van der Waals surface area contributed by atoms with Crippen molar-refractivity contribution >= 4 is 15.9 Å². The van der Waals surface area contributed by atoms with Crippen LogP contribution in [0.2, 0.25) is 0 Å². The lowest BCUT2D eigenvalue weighted by atomic mass is 10.1. The molecule has 0 saturated heterocycles. The highest BCUT2D eigenvalue weighted by Crippen LogP contribution is 2.31. The molecule has 3 rings (SSSR count). The Kier molecular flexibility index (Phi) is 6.76. The number of ether oxygens (including phenoxy) is 2. The van der Waals surface area contributed by atoms with E-state index in [4.69, 9.17) is 9.47 Å². The minimum atomic E-state index is -3.19. The molecular weight excluding hydrogens is 392 g/mol. The van der Waals surface area contributed by atoms with E-state index in [2.05, 4.69) is 4.72 Å². The second-order valence-corrected chi connectivity index (χ2v) is 8.74. The quantitative estimate of drug-likeness (QED) is 0.711. The molecule has 0 radical (unpaired) electrons. The summed E-state index contributed by atoms with van der Waals surface area (Å²) < 4.78 is 35.9. The van der Waals surface area contributed by atoms with Crippen molar-refractivity contribution in [2.75, 3.05) is 32.6 Å². The molecule has 1 heterocycles. The Morgan fingerprint density at radius 3 is 2.34 bits per heavy atom. The molecule has 1 N–H and O–H groups in total. The normalized spacial score (nSPS) is 13.2. The smallest absolute Gasteiger partial charge is 0.254 e. The standard InChI is InChI=1S/C21H26N2O5S/c1-3-23(15-17-6-9-19-20(14-17)28-13-12-27-19)21(24)18-7-4-16(5-8-18)10-11-22-29(2,25)26/h4-9,14,22H,3,10-13,15H2,1-2H3. The van der Waals surface area contributed by atoms with Crippen LogP contribution in [0.5, 0.6) is 11.5 Å². The summed E-state index contributed by atoms with van der Waals surface area (Å²) >= 11 is 0. The van der Waals surface area contributed by atoms with Gasteiger partial charge >= 0.3 is 0 Å². The fraction of sp³-hybridized carbons (Fsp3) is 0.381. The first-order valence-corrected chi connectivity index (χ1v) is 11.5. The lowest BCUT2D eigenvalue weighted by Crippen LogP contribution is -2.30. The van der Waals surface area contributed by atoms with E-state index in [1.165, 1.54) is 0 Å². The minimum absolute atomic E-state index is 0.0526. The molecule has 1 aliphatic heterocycles. The van der Waals surface area contributed by atoms with Crippen LogP contribution in [0.25, 0.3) is 0 Å². The van der Waals surface area contributed by atoms with Crippen LogP contribution in [-0.2, 0) is 23.0 Å². The largest absolute Gasteiger partial charge is 0.486 e. The maximum atomic E-state index is 12.9. The van der Waals surface area contributed by atoms with Crippen molar-refractivity contribution in [1.29, 1.82) is 0 Å². The number of nitrogens with zero attached hydrogens (tertiary/aromatic N) is 1. The third kappa shape index (κ3) is 5.95. The van der Waals surface area contributed by atoms with Gasteiger partial charge in [-0.05, 0) is 48.7 Å². The van der Waals surface area contributed by atoms with Gasteiger partial charge in [-0.25, -0.2) is 13.1 Å². The van der Waals surface area contributed by atoms with Crippen LogP contribution in [0.3, 0.4) is 0 Å². The summed E-state index contributed by atoms with van der Waals surface area (Å²) in [4.78, 5) is 14.7. The van der Waals surface area contributed by atoms with Gasteiger partial charge in [0.05, 0.1) is 6.26 Å². The number of sulfonamides is 1. The molecule has 0 spiro atoms. The number of hydrogen-bond acceptors (Lipinski definition) is 5. The fourth-order valence-corrected chi connectivity index (χ4v) is 3.58. The van der Waals surface area contributed by atoms with Gasteiger partial charge in [-0.1, -0.05) is 18.2 Å². The number of carbonyl (C=O) groups is 1. The SMILES string of the molecule is CCN(Cc1ccc2c(c1)OCCO2)C(=O)c1ccc(CCNS(C)(=O)=O)cc1. The Balaban J connectivity index is 1.63. The third-order valence-corrected chi connectivity index (χ3v) is 5.36. The third-order valence-electron chi connectivity index (χ3n) is 4.63. The lowest BCUT2D eigenvalue weighted by molar-refractivity contribution is 0.0752. The molecule has 0 saturated carbocycles. The summed E-state index contributed by atoms with van der Waals surface area (Å²) in [5.74, 6) is 1.39. The first-order valence-electron chi connectivity index (χ1n) is 9.57. The summed E-state index contributed by atoms with van der Waals surface area (Å²) in [6.45, 7) is 4.41. The summed E-state index contributed by atoms with van der Waals surface area (Å²) in [6.07, 6.45) is 1.70. The van der Waals surface area contributed by atoms with E-state index >= 15 is 0 Å². The van der Waals surface area contributed by atoms with Gasteiger partial charge in [-0.2, -0.15) is 0 Å². The molecule has 0 fully saturated rings. The van der Waals surface area contributed by atoms with E-state index in [1.807, 2.05) is 37.3 Å². The summed E-state index contributed by atoms with van der Waals surface area (Å²) in [7, 11) is -3.19. The maximum absolute atomic E-state index is 12.9. The van der Waals surface area contributed by atoms with Gasteiger partial charge in [0, 0.05) is 25.2 Å². The number of benzene rings is 2. The van der Waals surface area contributed by atoms with Gasteiger partial charge in [-0.15, -0.1) is 0 Å². The summed E-state index contributed by atoms with van der Waals surface area (Å²) in [6, 6.07) is 13.0. The van der Waals surface area contributed by atoms with Crippen molar-refractivity contribution in [1.82, 2.24) is 9.62 Å². The number of hydrogen-bond donors (Lipinski definition) is 1. The molecule has 29 heavy (non-hydrogen) atoms. The number of nitrogens with one attached hydrogen (secondary N) is 1. The van der Waals surface area contributed by atoms with Crippen molar-refractivity contribution < 1.29 is 22.7 Å². The van der Waals surface area contributed by atoms with E-state index < -0.39 is 10.0 Å². The topological polar surface area (TPSA) is 84.9 Å². The first kappa shape index (κ1) is 21.1. The zero-order valence-corrected chi connectivity index (χ0v) is 17.5.